The van der Waals surface area contributed by atoms with Gasteiger partial charge in [-0.2, -0.15) is 13.2 Å². The number of rotatable bonds is 4. The Hall–Kier alpha value is -1.96. The molecule has 0 saturated carbocycles. The lowest BCUT2D eigenvalue weighted by atomic mass is 10.3. The Morgan fingerprint density at radius 2 is 1.90 bits per heavy atom. The van der Waals surface area contributed by atoms with Gasteiger partial charge in [0.1, 0.15) is 13.1 Å². The number of nitrogens with zero attached hydrogens (tertiary/aromatic N) is 1. The average molecular weight is 311 g/mol. The summed E-state index contributed by atoms with van der Waals surface area (Å²) in [6.45, 7) is -2.74. The Labute approximate surface area is 116 Å². The van der Waals surface area contributed by atoms with E-state index in [4.69, 9.17) is 16.7 Å². The molecule has 0 aliphatic rings. The number of urea groups is 1. The number of amides is 2. The molecule has 0 heterocycles. The number of alkyl halides is 3. The molecular formula is C11H10ClF3N2O3. The van der Waals surface area contributed by atoms with Crippen LogP contribution in [0, 0.1) is 0 Å². The van der Waals surface area contributed by atoms with Crippen molar-refractivity contribution >= 4 is 29.3 Å². The van der Waals surface area contributed by atoms with Crippen molar-refractivity contribution in [2.24, 2.45) is 0 Å². The molecule has 0 fully saturated rings. The standard InChI is InChI=1S/C11H10ClF3N2O3/c12-7-3-1-2-4-8(7)16-10(20)17(5-9(18)19)6-11(13,14)15/h1-4H,5-6H2,(H,16,20)(H,18,19). The number of para-hydroxylation sites is 1. The number of hydrogen-bond donors (Lipinski definition) is 2. The molecule has 1 rings (SSSR count). The molecule has 0 aliphatic heterocycles. The van der Waals surface area contributed by atoms with E-state index in [2.05, 4.69) is 5.32 Å². The zero-order chi connectivity index (χ0) is 15.3. The van der Waals surface area contributed by atoms with Crippen molar-refractivity contribution in [1.82, 2.24) is 4.90 Å². The SMILES string of the molecule is O=C(O)CN(CC(F)(F)F)C(=O)Nc1ccccc1Cl. The highest BCUT2D eigenvalue weighted by Crippen LogP contribution is 2.22. The molecule has 0 radical (unpaired) electrons. The number of carboxylic acids is 1. The highest BCUT2D eigenvalue weighted by atomic mass is 35.5. The van der Waals surface area contributed by atoms with Gasteiger partial charge in [0.15, 0.2) is 0 Å². The van der Waals surface area contributed by atoms with E-state index in [0.29, 0.717) is 0 Å². The second-order valence-corrected chi connectivity index (χ2v) is 4.18. The Morgan fingerprint density at radius 1 is 1.30 bits per heavy atom. The van der Waals surface area contributed by atoms with Gasteiger partial charge in [0.25, 0.3) is 0 Å². The molecule has 2 N–H and O–H groups in total. The molecule has 0 aromatic heterocycles. The van der Waals surface area contributed by atoms with E-state index >= 15 is 0 Å². The first kappa shape index (κ1) is 16.1. The van der Waals surface area contributed by atoms with Gasteiger partial charge in [0.2, 0.25) is 0 Å². The number of hydrogen-bond acceptors (Lipinski definition) is 2. The van der Waals surface area contributed by atoms with E-state index in [9.17, 15) is 22.8 Å². The zero-order valence-electron chi connectivity index (χ0n) is 9.95. The molecule has 0 bridgehead atoms. The summed E-state index contributed by atoms with van der Waals surface area (Å²) in [4.78, 5) is 22.3. The number of carbonyl (C=O) groups is 2. The molecule has 110 valence electrons. The summed E-state index contributed by atoms with van der Waals surface area (Å²) < 4.78 is 36.9. The van der Waals surface area contributed by atoms with Crippen molar-refractivity contribution in [2.45, 2.75) is 6.18 Å². The molecule has 20 heavy (non-hydrogen) atoms. The average Bonchev–Trinajstić information content (AvgIpc) is 2.28. The first-order valence-electron chi connectivity index (χ1n) is 5.28. The molecule has 1 aromatic rings. The maximum absolute atomic E-state index is 12.3. The Morgan fingerprint density at radius 3 is 2.40 bits per heavy atom. The highest BCUT2D eigenvalue weighted by molar-refractivity contribution is 6.33. The minimum absolute atomic E-state index is 0.0942. The summed E-state index contributed by atoms with van der Waals surface area (Å²) in [6, 6.07) is 4.71. The van der Waals surface area contributed by atoms with Gasteiger partial charge in [-0.15, -0.1) is 0 Å². The van der Waals surface area contributed by atoms with E-state index in [0.717, 1.165) is 0 Å². The molecule has 0 unspecified atom stereocenters. The van der Waals surface area contributed by atoms with Crippen LogP contribution in [0.25, 0.3) is 0 Å². The predicted molar refractivity (Wildman–Crippen MR) is 65.7 cm³/mol. The van der Waals surface area contributed by atoms with E-state index in [1.165, 1.54) is 18.2 Å². The van der Waals surface area contributed by atoms with Crippen LogP contribution in [0.3, 0.4) is 0 Å². The fourth-order valence-corrected chi connectivity index (χ4v) is 1.52. The summed E-state index contributed by atoms with van der Waals surface area (Å²) in [5, 5.41) is 10.8. The third-order valence-electron chi connectivity index (χ3n) is 2.10. The number of halogens is 4. The quantitative estimate of drug-likeness (QED) is 0.898. The smallest absolute Gasteiger partial charge is 0.406 e. The van der Waals surface area contributed by atoms with Crippen LogP contribution in [-0.2, 0) is 4.79 Å². The minimum Gasteiger partial charge on any atom is -0.480 e. The molecule has 0 spiro atoms. The molecule has 5 nitrogen and oxygen atoms in total. The van der Waals surface area contributed by atoms with Crippen molar-refractivity contribution in [3.05, 3.63) is 29.3 Å². The van der Waals surface area contributed by atoms with Crippen LogP contribution in [0.5, 0.6) is 0 Å². The molecule has 0 aliphatic carbocycles. The van der Waals surface area contributed by atoms with Crippen LogP contribution in [0.1, 0.15) is 0 Å². The fourth-order valence-electron chi connectivity index (χ4n) is 1.34. The normalized spacial score (nSPS) is 11.0. The molecule has 0 saturated heterocycles. The summed E-state index contributed by atoms with van der Waals surface area (Å²) in [5.74, 6) is -1.55. The summed E-state index contributed by atoms with van der Waals surface area (Å²) in [7, 11) is 0. The topological polar surface area (TPSA) is 69.6 Å². The number of benzene rings is 1. The summed E-state index contributed by atoms with van der Waals surface area (Å²) in [5.41, 5.74) is 0.0942. The van der Waals surface area contributed by atoms with Gasteiger partial charge in [-0.25, -0.2) is 4.79 Å². The lowest BCUT2D eigenvalue weighted by molar-refractivity contribution is -0.148. The van der Waals surface area contributed by atoms with Crippen LogP contribution in [0.4, 0.5) is 23.7 Å². The Kier molecular flexibility index (Phi) is 5.20. The van der Waals surface area contributed by atoms with Crippen molar-refractivity contribution < 1.29 is 27.9 Å². The lowest BCUT2D eigenvalue weighted by Gasteiger charge is -2.22. The third-order valence-corrected chi connectivity index (χ3v) is 2.43. The van der Waals surface area contributed by atoms with Crippen LogP contribution in [-0.4, -0.2) is 41.3 Å². The monoisotopic (exact) mass is 310 g/mol. The summed E-state index contributed by atoms with van der Waals surface area (Å²) >= 11 is 5.74. The first-order chi connectivity index (χ1) is 9.19. The molecule has 1 aromatic carbocycles. The van der Waals surface area contributed by atoms with Crippen LogP contribution in [0.15, 0.2) is 24.3 Å². The van der Waals surface area contributed by atoms with Crippen molar-refractivity contribution in [3.63, 3.8) is 0 Å². The molecule has 2 amide bonds. The van der Waals surface area contributed by atoms with Crippen molar-refractivity contribution in [3.8, 4) is 0 Å². The summed E-state index contributed by atoms with van der Waals surface area (Å²) in [6.07, 6.45) is -4.70. The van der Waals surface area contributed by atoms with Crippen LogP contribution in [0.2, 0.25) is 5.02 Å². The zero-order valence-corrected chi connectivity index (χ0v) is 10.7. The van der Waals surface area contributed by atoms with Crippen molar-refractivity contribution in [2.75, 3.05) is 18.4 Å². The van der Waals surface area contributed by atoms with Gasteiger partial charge < -0.3 is 15.3 Å². The van der Waals surface area contributed by atoms with Gasteiger partial charge in [0, 0.05) is 0 Å². The van der Waals surface area contributed by atoms with E-state index in [1.54, 1.807) is 6.07 Å². The Bertz CT molecular complexity index is 508. The van der Waals surface area contributed by atoms with E-state index < -0.39 is 31.3 Å². The molecule has 0 atom stereocenters. The minimum atomic E-state index is -4.70. The van der Waals surface area contributed by atoms with Crippen LogP contribution >= 0.6 is 11.6 Å². The lowest BCUT2D eigenvalue weighted by Crippen LogP contribution is -2.44. The number of aliphatic carboxylic acids is 1. The predicted octanol–water partition coefficient (Wildman–Crippen LogP) is 2.82. The van der Waals surface area contributed by atoms with Gasteiger partial charge in [-0.3, -0.25) is 4.79 Å². The van der Waals surface area contributed by atoms with Gasteiger partial charge in [-0.05, 0) is 12.1 Å². The van der Waals surface area contributed by atoms with Gasteiger partial charge >= 0.3 is 18.2 Å². The van der Waals surface area contributed by atoms with E-state index in [-0.39, 0.29) is 15.6 Å². The highest BCUT2D eigenvalue weighted by Gasteiger charge is 2.34. The third kappa shape index (κ3) is 5.35. The fraction of sp³-hybridized carbons (Fsp3) is 0.273. The maximum Gasteiger partial charge on any atom is 0.406 e. The van der Waals surface area contributed by atoms with Crippen molar-refractivity contribution in [1.29, 1.82) is 0 Å². The number of carboxylic acid groups (broad SMARTS) is 1. The largest absolute Gasteiger partial charge is 0.480 e. The van der Waals surface area contributed by atoms with E-state index in [1.807, 2.05) is 0 Å². The van der Waals surface area contributed by atoms with Crippen LogP contribution < -0.4 is 5.32 Å². The molecular weight excluding hydrogens is 301 g/mol. The number of nitrogens with one attached hydrogen (secondary N) is 1. The maximum atomic E-state index is 12.3. The number of anilines is 1. The second kappa shape index (κ2) is 6.47. The van der Waals surface area contributed by atoms with Gasteiger partial charge in [0.05, 0.1) is 10.7 Å². The molecule has 9 heteroatoms. The van der Waals surface area contributed by atoms with Gasteiger partial charge in [-0.1, -0.05) is 23.7 Å². The first-order valence-corrected chi connectivity index (χ1v) is 5.66. The number of carbonyl (C=O) groups excluding carboxylic acids is 1. The second-order valence-electron chi connectivity index (χ2n) is 3.77. The Balaban J connectivity index is 2.83.